The maximum absolute atomic E-state index is 12.1. The molecule has 6 rings (SSSR count). The number of hydrogen-bond acceptors (Lipinski definition) is 9. The van der Waals surface area contributed by atoms with Gasteiger partial charge in [-0.05, 0) is 73.8 Å². The van der Waals surface area contributed by atoms with Gasteiger partial charge in [0.15, 0.2) is 5.82 Å². The van der Waals surface area contributed by atoms with Crippen molar-refractivity contribution >= 4 is 26.2 Å². The number of rotatable bonds is 6. The maximum Gasteiger partial charge on any atom is 0.241 e. The summed E-state index contributed by atoms with van der Waals surface area (Å²) in [7, 11) is -4.12. The summed E-state index contributed by atoms with van der Waals surface area (Å²) in [6.45, 7) is 4.81. The predicted octanol–water partition coefficient (Wildman–Crippen LogP) is 3.36. The van der Waals surface area contributed by atoms with E-state index in [-0.39, 0.29) is 4.91 Å². The lowest BCUT2D eigenvalue weighted by Gasteiger charge is -2.35. The van der Waals surface area contributed by atoms with E-state index in [9.17, 15) is 13.5 Å². The van der Waals surface area contributed by atoms with Crippen LogP contribution in [-0.4, -0.2) is 64.8 Å². The van der Waals surface area contributed by atoms with Gasteiger partial charge >= 0.3 is 0 Å². The number of aryl methyl sites for hydroxylation is 1. The number of anilines is 1. The normalized spacial score (nSPS) is 19.3. The van der Waals surface area contributed by atoms with E-state index < -0.39 is 10.0 Å². The molecule has 0 unspecified atom stereocenters. The standard InChI is InChI=1S/C27H31N7O4S/c1-18-14-21(30-26(29-18)19-4-12-38-13-5-19)22-16-34(32-31-22)23-3-2-20(25(17-35)39(28,36)37)15-24(23)33-10-8-27(6-7-27)9-11-33/h2-4,14-17,35H,5-13H2,1H3,(H2,28,36,37). The van der Waals surface area contributed by atoms with Crippen LogP contribution in [0, 0.1) is 12.3 Å². The molecule has 3 N–H and O–H groups in total. The van der Waals surface area contributed by atoms with Gasteiger partial charge in [-0.2, -0.15) is 0 Å². The number of aliphatic hydroxyl groups is 1. The van der Waals surface area contributed by atoms with E-state index in [1.54, 1.807) is 22.9 Å². The molecular formula is C27H31N7O4S. The van der Waals surface area contributed by atoms with Crippen LogP contribution in [0.5, 0.6) is 0 Å². The molecule has 204 valence electrons. The molecule has 1 saturated heterocycles. The number of sulfonamides is 1. The van der Waals surface area contributed by atoms with Gasteiger partial charge in [0, 0.05) is 18.8 Å². The highest BCUT2D eigenvalue weighted by Crippen LogP contribution is 2.54. The van der Waals surface area contributed by atoms with E-state index in [2.05, 4.69) is 20.2 Å². The van der Waals surface area contributed by atoms with Gasteiger partial charge in [0.1, 0.15) is 10.6 Å². The van der Waals surface area contributed by atoms with Crippen molar-refractivity contribution in [2.45, 2.75) is 39.0 Å². The second-order valence-electron chi connectivity index (χ2n) is 10.5. The number of nitrogens with zero attached hydrogens (tertiary/aromatic N) is 6. The van der Waals surface area contributed by atoms with Gasteiger partial charge in [-0.3, -0.25) is 0 Å². The highest BCUT2D eigenvalue weighted by Gasteiger charge is 2.44. The Bertz CT molecular complexity index is 1580. The Hall–Kier alpha value is -3.61. The zero-order chi connectivity index (χ0) is 27.2. The fourth-order valence-electron chi connectivity index (χ4n) is 5.41. The van der Waals surface area contributed by atoms with Crippen molar-refractivity contribution in [2.75, 3.05) is 31.2 Å². The smallest absolute Gasteiger partial charge is 0.241 e. The number of nitrogens with two attached hydrogens (primary N) is 1. The number of aliphatic hydroxyl groups excluding tert-OH is 1. The number of piperidine rings is 1. The highest BCUT2D eigenvalue weighted by molar-refractivity contribution is 7.98. The molecule has 2 aromatic heterocycles. The first-order valence-corrected chi connectivity index (χ1v) is 14.6. The number of aromatic nitrogens is 5. The summed E-state index contributed by atoms with van der Waals surface area (Å²) in [5.74, 6) is 0.668. The number of hydrogen-bond donors (Lipinski definition) is 2. The number of benzene rings is 1. The molecule has 11 nitrogen and oxygen atoms in total. The lowest BCUT2D eigenvalue weighted by molar-refractivity contribution is 0.161. The first kappa shape index (κ1) is 25.7. The van der Waals surface area contributed by atoms with E-state index in [1.165, 1.54) is 12.8 Å². The van der Waals surface area contributed by atoms with Gasteiger partial charge in [0.05, 0.1) is 42.7 Å². The summed E-state index contributed by atoms with van der Waals surface area (Å²) in [6, 6.07) is 7.02. The first-order valence-electron chi connectivity index (χ1n) is 13.1. The van der Waals surface area contributed by atoms with Crippen molar-refractivity contribution in [3.8, 4) is 17.1 Å². The molecule has 2 fully saturated rings. The van der Waals surface area contributed by atoms with E-state index in [0.717, 1.165) is 55.0 Å². The molecule has 3 aromatic rings. The maximum atomic E-state index is 12.1. The van der Waals surface area contributed by atoms with Crippen molar-refractivity contribution in [3.63, 3.8) is 0 Å². The monoisotopic (exact) mass is 549 g/mol. The summed E-state index contributed by atoms with van der Waals surface area (Å²) in [6.07, 6.45) is 9.83. The number of primary sulfonamides is 1. The fourth-order valence-corrected chi connectivity index (χ4v) is 6.01. The molecule has 1 saturated carbocycles. The minimum absolute atomic E-state index is 0.312. The third-order valence-corrected chi connectivity index (χ3v) is 8.87. The third kappa shape index (κ3) is 5.19. The average Bonchev–Trinajstić information content (AvgIpc) is 3.49. The molecule has 0 atom stereocenters. The van der Waals surface area contributed by atoms with Crippen LogP contribution in [0.15, 0.2) is 42.8 Å². The molecule has 0 bridgehead atoms. The summed E-state index contributed by atoms with van der Waals surface area (Å²) >= 11 is 0. The third-order valence-electron chi connectivity index (χ3n) is 7.91. The first-order chi connectivity index (χ1) is 18.7. The SMILES string of the molecule is Cc1cc(-c2cn(-c3ccc(C(=CO)S(N)(=O)=O)cc3N3CCC4(CC3)CC4)nn2)nc(C2=CCOCC2)n1. The lowest BCUT2D eigenvalue weighted by Crippen LogP contribution is -2.35. The molecule has 0 radical (unpaired) electrons. The molecule has 4 heterocycles. The average molecular weight is 550 g/mol. The molecule has 39 heavy (non-hydrogen) atoms. The van der Waals surface area contributed by atoms with Gasteiger partial charge in [-0.1, -0.05) is 17.4 Å². The summed E-state index contributed by atoms with van der Waals surface area (Å²) in [5.41, 5.74) is 5.47. The lowest BCUT2D eigenvalue weighted by atomic mass is 9.93. The van der Waals surface area contributed by atoms with Crippen LogP contribution in [0.4, 0.5) is 5.69 Å². The molecule has 3 aliphatic rings. The summed E-state index contributed by atoms with van der Waals surface area (Å²) in [5, 5.41) is 23.9. The van der Waals surface area contributed by atoms with Crippen LogP contribution in [0.1, 0.15) is 49.2 Å². The van der Waals surface area contributed by atoms with Crippen LogP contribution < -0.4 is 10.0 Å². The van der Waals surface area contributed by atoms with Gasteiger partial charge in [-0.25, -0.2) is 28.2 Å². The predicted molar refractivity (Wildman–Crippen MR) is 147 cm³/mol. The molecule has 0 amide bonds. The van der Waals surface area contributed by atoms with E-state index >= 15 is 0 Å². The van der Waals surface area contributed by atoms with Crippen LogP contribution in [0.2, 0.25) is 0 Å². The van der Waals surface area contributed by atoms with Crippen molar-refractivity contribution in [2.24, 2.45) is 10.6 Å². The quantitative estimate of drug-likeness (QED) is 0.441. The Labute approximate surface area is 227 Å². The zero-order valence-corrected chi connectivity index (χ0v) is 22.6. The minimum atomic E-state index is -4.12. The Balaban J connectivity index is 1.38. The van der Waals surface area contributed by atoms with E-state index in [1.807, 2.05) is 25.3 Å². The summed E-state index contributed by atoms with van der Waals surface area (Å²) in [4.78, 5) is 11.3. The Kier molecular flexibility index (Phi) is 6.48. The van der Waals surface area contributed by atoms with Gasteiger partial charge in [0.25, 0.3) is 0 Å². The zero-order valence-electron chi connectivity index (χ0n) is 21.7. The van der Waals surface area contributed by atoms with E-state index in [4.69, 9.17) is 14.9 Å². The van der Waals surface area contributed by atoms with Crippen molar-refractivity contribution in [1.29, 1.82) is 0 Å². The minimum Gasteiger partial charge on any atom is -0.514 e. The number of ether oxygens (including phenoxy) is 1. The Morgan fingerprint density at radius 1 is 1.10 bits per heavy atom. The van der Waals surface area contributed by atoms with Gasteiger partial charge in [0.2, 0.25) is 10.0 Å². The second-order valence-corrected chi connectivity index (χ2v) is 12.1. The Morgan fingerprint density at radius 2 is 1.90 bits per heavy atom. The van der Waals surface area contributed by atoms with Crippen molar-refractivity contribution in [1.82, 2.24) is 25.0 Å². The molecule has 1 spiro atoms. The molecule has 2 aliphatic heterocycles. The molecule has 12 heteroatoms. The van der Waals surface area contributed by atoms with Crippen LogP contribution >= 0.6 is 0 Å². The van der Waals surface area contributed by atoms with Gasteiger partial charge < -0.3 is 14.7 Å². The van der Waals surface area contributed by atoms with Crippen LogP contribution in [0.3, 0.4) is 0 Å². The van der Waals surface area contributed by atoms with Crippen molar-refractivity contribution in [3.05, 3.63) is 59.9 Å². The van der Waals surface area contributed by atoms with Crippen LogP contribution in [0.25, 0.3) is 27.6 Å². The summed E-state index contributed by atoms with van der Waals surface area (Å²) < 4.78 is 31.3. The molecule has 1 aliphatic carbocycles. The fraction of sp³-hybridized carbons (Fsp3) is 0.407. The van der Waals surface area contributed by atoms with Crippen molar-refractivity contribution < 1.29 is 18.3 Å². The largest absolute Gasteiger partial charge is 0.514 e. The van der Waals surface area contributed by atoms with E-state index in [0.29, 0.717) is 47.7 Å². The Morgan fingerprint density at radius 3 is 2.56 bits per heavy atom. The highest BCUT2D eigenvalue weighted by atomic mass is 32.2. The topological polar surface area (TPSA) is 149 Å². The van der Waals surface area contributed by atoms with Crippen LogP contribution in [-0.2, 0) is 14.8 Å². The molecular weight excluding hydrogens is 518 g/mol. The molecule has 1 aromatic carbocycles. The second kappa shape index (κ2) is 9.85. The van der Waals surface area contributed by atoms with Gasteiger partial charge in [-0.15, -0.1) is 5.10 Å².